The lowest BCUT2D eigenvalue weighted by Crippen LogP contribution is -2.52. The van der Waals surface area contributed by atoms with Crippen LogP contribution in [0, 0.1) is 30.6 Å². The summed E-state index contributed by atoms with van der Waals surface area (Å²) in [6.45, 7) is 5.12. The Bertz CT molecular complexity index is 641. The van der Waals surface area contributed by atoms with E-state index in [2.05, 4.69) is 20.2 Å². The molecule has 2 heterocycles. The average molecular weight is 327 g/mol. The number of aryl methyl sites for hydroxylation is 1. The number of fused-ring (bicyclic) bond motifs is 5. The van der Waals surface area contributed by atoms with Crippen LogP contribution in [-0.2, 0) is 0 Å². The van der Waals surface area contributed by atoms with Crippen LogP contribution in [0.3, 0.4) is 0 Å². The number of hydrogen-bond donors (Lipinski definition) is 1. The maximum Gasteiger partial charge on any atom is 0.317 e. The quantitative estimate of drug-likeness (QED) is 0.897. The minimum atomic E-state index is 0.146. The Balaban J connectivity index is 1.15. The number of piperazine rings is 1. The summed E-state index contributed by atoms with van der Waals surface area (Å²) in [5.41, 5.74) is 0. The van der Waals surface area contributed by atoms with E-state index >= 15 is 0 Å². The van der Waals surface area contributed by atoms with Crippen LogP contribution in [0.25, 0.3) is 0 Å². The maximum atomic E-state index is 12.6. The molecule has 5 rings (SSSR count). The topological polar surface area (TPSA) is 61.4 Å². The number of carbonyl (C=O) groups excluding carboxylic acids is 1. The summed E-state index contributed by atoms with van der Waals surface area (Å²) < 4.78 is 0. The maximum absolute atomic E-state index is 12.6. The number of nitrogens with one attached hydrogen (secondary N) is 1. The van der Waals surface area contributed by atoms with Crippen molar-refractivity contribution in [3.63, 3.8) is 0 Å². The molecule has 1 aromatic rings. The van der Waals surface area contributed by atoms with Crippen LogP contribution in [0.1, 0.15) is 25.1 Å². The van der Waals surface area contributed by atoms with Crippen molar-refractivity contribution in [2.75, 3.05) is 31.1 Å². The number of urea groups is 1. The molecule has 128 valence electrons. The third-order valence-corrected chi connectivity index (χ3v) is 6.68. The van der Waals surface area contributed by atoms with E-state index in [-0.39, 0.29) is 6.03 Å². The van der Waals surface area contributed by atoms with Gasteiger partial charge in [-0.15, -0.1) is 0 Å². The lowest BCUT2D eigenvalue weighted by atomic mass is 10.0. The van der Waals surface area contributed by atoms with Gasteiger partial charge in [-0.05, 0) is 55.9 Å². The SMILES string of the molecule is Cc1nccc(N2CCN(C(=O)NC3C4C5CCC(C5)C34)CC2)n1. The van der Waals surface area contributed by atoms with Crippen LogP contribution >= 0.6 is 0 Å². The Morgan fingerprint density at radius 3 is 2.54 bits per heavy atom. The molecule has 4 atom stereocenters. The Kier molecular flexibility index (Phi) is 3.22. The molecule has 2 bridgehead atoms. The highest BCUT2D eigenvalue weighted by molar-refractivity contribution is 5.75. The lowest BCUT2D eigenvalue weighted by molar-refractivity contribution is 0.191. The molecular formula is C18H25N5O. The van der Waals surface area contributed by atoms with Gasteiger partial charge < -0.3 is 15.1 Å². The molecule has 1 aliphatic heterocycles. The van der Waals surface area contributed by atoms with E-state index in [0.29, 0.717) is 6.04 Å². The molecule has 4 unspecified atom stereocenters. The molecule has 1 N–H and O–H groups in total. The molecule has 0 spiro atoms. The van der Waals surface area contributed by atoms with Gasteiger partial charge in [-0.3, -0.25) is 0 Å². The van der Waals surface area contributed by atoms with Crippen LogP contribution in [0.15, 0.2) is 12.3 Å². The molecule has 24 heavy (non-hydrogen) atoms. The van der Waals surface area contributed by atoms with Crippen LogP contribution < -0.4 is 10.2 Å². The summed E-state index contributed by atoms with van der Waals surface area (Å²) in [7, 11) is 0. The summed E-state index contributed by atoms with van der Waals surface area (Å²) in [5.74, 6) is 5.18. The van der Waals surface area contributed by atoms with Gasteiger partial charge in [0, 0.05) is 38.4 Å². The highest BCUT2D eigenvalue weighted by Gasteiger charge is 2.65. The van der Waals surface area contributed by atoms with Crippen molar-refractivity contribution in [2.24, 2.45) is 23.7 Å². The van der Waals surface area contributed by atoms with Crippen LogP contribution in [0.4, 0.5) is 10.6 Å². The molecule has 4 fully saturated rings. The van der Waals surface area contributed by atoms with Crippen molar-refractivity contribution in [1.82, 2.24) is 20.2 Å². The average Bonchev–Trinajstić information content (AvgIpc) is 2.98. The largest absolute Gasteiger partial charge is 0.353 e. The van der Waals surface area contributed by atoms with Crippen molar-refractivity contribution in [1.29, 1.82) is 0 Å². The Hall–Kier alpha value is -1.85. The Morgan fingerprint density at radius 2 is 1.88 bits per heavy atom. The molecule has 3 aliphatic carbocycles. The fourth-order valence-electron chi connectivity index (χ4n) is 5.51. The summed E-state index contributed by atoms with van der Waals surface area (Å²) in [6.07, 6.45) is 6.03. The van der Waals surface area contributed by atoms with Gasteiger partial charge in [0.25, 0.3) is 0 Å². The van der Waals surface area contributed by atoms with Gasteiger partial charge in [0.15, 0.2) is 0 Å². The van der Waals surface area contributed by atoms with Gasteiger partial charge >= 0.3 is 6.03 Å². The first-order valence-electron chi connectivity index (χ1n) is 9.31. The van der Waals surface area contributed by atoms with Gasteiger partial charge in [0.2, 0.25) is 0 Å². The van der Waals surface area contributed by atoms with Crippen molar-refractivity contribution >= 4 is 11.8 Å². The number of rotatable bonds is 2. The van der Waals surface area contributed by atoms with Crippen LogP contribution in [0.5, 0.6) is 0 Å². The van der Waals surface area contributed by atoms with Gasteiger partial charge in [0.05, 0.1) is 0 Å². The molecule has 0 aromatic carbocycles. The number of nitrogens with zero attached hydrogens (tertiary/aromatic N) is 4. The number of carbonyl (C=O) groups is 1. The van der Waals surface area contributed by atoms with E-state index in [1.54, 1.807) is 6.20 Å². The second-order valence-electron chi connectivity index (χ2n) is 7.90. The van der Waals surface area contributed by atoms with E-state index in [0.717, 1.165) is 61.5 Å². The molecule has 3 saturated carbocycles. The molecule has 0 radical (unpaired) electrons. The first-order valence-corrected chi connectivity index (χ1v) is 9.31. The zero-order valence-corrected chi connectivity index (χ0v) is 14.2. The highest BCUT2D eigenvalue weighted by atomic mass is 16.2. The predicted molar refractivity (Wildman–Crippen MR) is 90.7 cm³/mol. The number of amides is 2. The lowest BCUT2D eigenvalue weighted by Gasteiger charge is -2.35. The number of hydrogen-bond acceptors (Lipinski definition) is 4. The van der Waals surface area contributed by atoms with Crippen molar-refractivity contribution < 1.29 is 4.79 Å². The van der Waals surface area contributed by atoms with E-state index < -0.39 is 0 Å². The van der Waals surface area contributed by atoms with Gasteiger partial charge in [-0.25, -0.2) is 14.8 Å². The molecule has 6 heteroatoms. The Morgan fingerprint density at radius 1 is 1.17 bits per heavy atom. The normalized spacial score (nSPS) is 36.6. The third-order valence-electron chi connectivity index (χ3n) is 6.68. The van der Waals surface area contributed by atoms with Crippen molar-refractivity contribution in [3.8, 4) is 0 Å². The van der Waals surface area contributed by atoms with Gasteiger partial charge in [-0.2, -0.15) is 0 Å². The van der Waals surface area contributed by atoms with E-state index in [1.807, 2.05) is 17.9 Å². The Labute approximate surface area is 142 Å². The fraction of sp³-hybridized carbons (Fsp3) is 0.722. The fourth-order valence-corrected chi connectivity index (χ4v) is 5.51. The second kappa shape index (κ2) is 5.33. The molecule has 2 amide bonds. The summed E-state index contributed by atoms with van der Waals surface area (Å²) >= 11 is 0. The van der Waals surface area contributed by atoms with Crippen LogP contribution in [0.2, 0.25) is 0 Å². The van der Waals surface area contributed by atoms with Gasteiger partial charge in [0.1, 0.15) is 11.6 Å². The standard InChI is InChI=1S/C18H25N5O/c1-11-19-5-4-14(20-11)22-6-8-23(9-7-22)18(24)21-17-15-12-2-3-13(10-12)16(15)17/h4-5,12-13,15-17H,2-3,6-10H2,1H3,(H,21,24). The first-order chi connectivity index (χ1) is 11.7. The van der Waals surface area contributed by atoms with E-state index in [4.69, 9.17) is 0 Å². The minimum absolute atomic E-state index is 0.146. The zero-order valence-electron chi connectivity index (χ0n) is 14.2. The van der Waals surface area contributed by atoms with E-state index in [9.17, 15) is 4.79 Å². The summed E-state index contributed by atoms with van der Waals surface area (Å²) in [4.78, 5) is 25.4. The first kappa shape index (κ1) is 14.5. The minimum Gasteiger partial charge on any atom is -0.353 e. The van der Waals surface area contributed by atoms with Crippen molar-refractivity contribution in [2.45, 2.75) is 32.2 Å². The van der Waals surface area contributed by atoms with Crippen LogP contribution in [-0.4, -0.2) is 53.1 Å². The van der Waals surface area contributed by atoms with Gasteiger partial charge in [-0.1, -0.05) is 0 Å². The zero-order chi connectivity index (χ0) is 16.3. The predicted octanol–water partition coefficient (Wildman–Crippen LogP) is 1.66. The molecule has 1 saturated heterocycles. The molecule has 6 nitrogen and oxygen atoms in total. The summed E-state index contributed by atoms with van der Waals surface area (Å²) in [6, 6.07) is 2.57. The molecule has 1 aromatic heterocycles. The molecule has 4 aliphatic rings. The smallest absolute Gasteiger partial charge is 0.317 e. The third kappa shape index (κ3) is 2.26. The molecular weight excluding hydrogens is 302 g/mol. The number of anilines is 1. The van der Waals surface area contributed by atoms with E-state index in [1.165, 1.54) is 19.3 Å². The number of aromatic nitrogens is 2. The second-order valence-corrected chi connectivity index (χ2v) is 7.90. The monoisotopic (exact) mass is 327 g/mol. The van der Waals surface area contributed by atoms with Crippen molar-refractivity contribution in [3.05, 3.63) is 18.1 Å². The highest BCUT2D eigenvalue weighted by Crippen LogP contribution is 2.65. The summed E-state index contributed by atoms with van der Waals surface area (Å²) in [5, 5.41) is 3.33.